The van der Waals surface area contributed by atoms with E-state index in [1.54, 1.807) is 0 Å². The summed E-state index contributed by atoms with van der Waals surface area (Å²) in [6, 6.07) is 17.8. The van der Waals surface area contributed by atoms with Crippen molar-refractivity contribution in [2.24, 2.45) is 0 Å². The van der Waals surface area contributed by atoms with Crippen LogP contribution in [0.1, 0.15) is 21.6 Å². The second-order valence-corrected chi connectivity index (χ2v) is 7.09. The molecular weight excluding hydrogens is 376 g/mol. The minimum Gasteiger partial charge on any atom is -0.358 e. The van der Waals surface area contributed by atoms with Crippen molar-refractivity contribution in [1.29, 1.82) is 0 Å². The summed E-state index contributed by atoms with van der Waals surface area (Å²) in [7, 11) is 0. The second kappa shape index (κ2) is 6.05. The Kier molecular flexibility index (Phi) is 3.85. The van der Waals surface area contributed by atoms with Gasteiger partial charge in [-0.3, -0.25) is 4.79 Å². The molecule has 25 heavy (non-hydrogen) atoms. The van der Waals surface area contributed by atoms with Crippen molar-refractivity contribution in [1.82, 2.24) is 4.98 Å². The zero-order valence-corrected chi connectivity index (χ0v) is 15.6. The van der Waals surface area contributed by atoms with E-state index < -0.39 is 0 Å². The number of H-pyrrole nitrogens is 1. The summed E-state index contributed by atoms with van der Waals surface area (Å²) < 4.78 is 1.05. The van der Waals surface area contributed by atoms with Crippen LogP contribution in [-0.2, 0) is 0 Å². The predicted molar refractivity (Wildman–Crippen MR) is 107 cm³/mol. The van der Waals surface area contributed by atoms with Crippen LogP contribution in [0.25, 0.3) is 21.7 Å². The number of hydrogen-bond acceptors (Lipinski definition) is 1. The van der Waals surface area contributed by atoms with E-state index in [0.29, 0.717) is 5.56 Å². The molecule has 2 N–H and O–H groups in total. The molecule has 0 unspecified atom stereocenters. The molecule has 0 aliphatic carbocycles. The number of aromatic nitrogens is 1. The number of carbonyl (C=O) groups excluding carboxylic acids is 1. The number of hydrogen-bond donors (Lipinski definition) is 2. The van der Waals surface area contributed by atoms with Crippen molar-refractivity contribution in [3.8, 4) is 0 Å². The molecule has 1 heterocycles. The summed E-state index contributed by atoms with van der Waals surface area (Å²) in [6.45, 7) is 4.09. The van der Waals surface area contributed by atoms with Gasteiger partial charge in [0.1, 0.15) is 0 Å². The molecule has 0 bridgehead atoms. The first-order valence-electron chi connectivity index (χ1n) is 8.12. The Labute approximate surface area is 154 Å². The Balaban J connectivity index is 1.72. The van der Waals surface area contributed by atoms with E-state index in [1.807, 2.05) is 61.5 Å². The van der Waals surface area contributed by atoms with Gasteiger partial charge in [0.15, 0.2) is 0 Å². The zero-order chi connectivity index (χ0) is 17.6. The highest BCUT2D eigenvalue weighted by molar-refractivity contribution is 9.10. The minimum absolute atomic E-state index is 0.110. The molecule has 0 fully saturated rings. The smallest absolute Gasteiger partial charge is 0.257 e. The molecule has 3 aromatic carbocycles. The molecule has 4 heteroatoms. The summed E-state index contributed by atoms with van der Waals surface area (Å²) in [5, 5.41) is 6.31. The highest BCUT2D eigenvalue weighted by Crippen LogP contribution is 2.28. The van der Waals surface area contributed by atoms with Gasteiger partial charge in [-0.25, -0.2) is 0 Å². The fourth-order valence-corrected chi connectivity index (χ4v) is 3.71. The quantitative estimate of drug-likeness (QED) is 0.434. The second-order valence-electron chi connectivity index (χ2n) is 6.23. The Hall–Kier alpha value is -2.59. The van der Waals surface area contributed by atoms with Crippen LogP contribution in [0.15, 0.2) is 59.1 Å². The molecule has 0 aliphatic heterocycles. The highest BCUT2D eigenvalue weighted by atomic mass is 79.9. The SMILES string of the molecule is Cc1[nH]c2c(C(=O)Nc3ccc4c(Br)cccc4c3)cccc2c1C. The maximum Gasteiger partial charge on any atom is 0.257 e. The highest BCUT2D eigenvalue weighted by Gasteiger charge is 2.14. The third-order valence-electron chi connectivity index (χ3n) is 4.67. The minimum atomic E-state index is -0.110. The van der Waals surface area contributed by atoms with Gasteiger partial charge in [0.25, 0.3) is 5.91 Å². The maximum atomic E-state index is 12.8. The fourth-order valence-electron chi connectivity index (χ4n) is 3.19. The average molecular weight is 393 g/mol. The van der Waals surface area contributed by atoms with Gasteiger partial charge in [0.05, 0.1) is 11.1 Å². The van der Waals surface area contributed by atoms with Crippen molar-refractivity contribution < 1.29 is 4.79 Å². The number of fused-ring (bicyclic) bond motifs is 2. The normalized spacial score (nSPS) is 11.2. The van der Waals surface area contributed by atoms with Crippen LogP contribution in [0.3, 0.4) is 0 Å². The van der Waals surface area contributed by atoms with Gasteiger partial charge in [-0.2, -0.15) is 0 Å². The summed E-state index contributed by atoms with van der Waals surface area (Å²) >= 11 is 3.55. The lowest BCUT2D eigenvalue weighted by Gasteiger charge is -2.08. The van der Waals surface area contributed by atoms with E-state index in [2.05, 4.69) is 33.2 Å². The molecule has 4 aromatic rings. The van der Waals surface area contributed by atoms with Crippen molar-refractivity contribution in [2.75, 3.05) is 5.32 Å². The van der Waals surface area contributed by atoms with E-state index in [1.165, 1.54) is 5.56 Å². The Morgan fingerprint density at radius 1 is 1.00 bits per heavy atom. The first kappa shape index (κ1) is 15.9. The topological polar surface area (TPSA) is 44.9 Å². The number of aromatic amines is 1. The number of amides is 1. The van der Waals surface area contributed by atoms with Crippen LogP contribution >= 0.6 is 15.9 Å². The van der Waals surface area contributed by atoms with Gasteiger partial charge in [-0.05, 0) is 54.4 Å². The first-order valence-corrected chi connectivity index (χ1v) is 8.91. The van der Waals surface area contributed by atoms with Crippen LogP contribution in [-0.4, -0.2) is 10.9 Å². The molecule has 0 atom stereocenters. The van der Waals surface area contributed by atoms with Crippen molar-refractivity contribution >= 4 is 49.2 Å². The molecule has 0 saturated carbocycles. The van der Waals surface area contributed by atoms with E-state index in [4.69, 9.17) is 0 Å². The van der Waals surface area contributed by atoms with Crippen LogP contribution in [0.4, 0.5) is 5.69 Å². The summed E-state index contributed by atoms with van der Waals surface area (Å²) in [6.07, 6.45) is 0. The molecule has 1 amide bonds. The van der Waals surface area contributed by atoms with Gasteiger partial charge < -0.3 is 10.3 Å². The number of rotatable bonds is 2. The molecule has 0 saturated heterocycles. The van der Waals surface area contributed by atoms with E-state index >= 15 is 0 Å². The third kappa shape index (κ3) is 2.72. The number of carbonyl (C=O) groups is 1. The number of nitrogens with one attached hydrogen (secondary N) is 2. The number of benzene rings is 3. The van der Waals surface area contributed by atoms with Gasteiger partial charge in [-0.15, -0.1) is 0 Å². The summed E-state index contributed by atoms with van der Waals surface area (Å²) in [4.78, 5) is 16.1. The van der Waals surface area contributed by atoms with Gasteiger partial charge >= 0.3 is 0 Å². The first-order chi connectivity index (χ1) is 12.0. The number of anilines is 1. The lowest BCUT2D eigenvalue weighted by molar-refractivity contribution is 0.102. The standard InChI is InChI=1S/C21H17BrN2O/c1-12-13(2)23-20-16(12)6-4-7-18(20)21(25)24-15-9-10-17-14(11-15)5-3-8-19(17)22/h3-11,23H,1-2H3,(H,24,25). The van der Waals surface area contributed by atoms with Crippen molar-refractivity contribution in [3.05, 3.63) is 75.9 Å². The molecule has 0 spiro atoms. The molecular formula is C21H17BrN2O. The largest absolute Gasteiger partial charge is 0.358 e. The Bertz CT molecular complexity index is 1130. The van der Waals surface area contributed by atoms with Crippen LogP contribution in [0.5, 0.6) is 0 Å². The number of halogens is 1. The van der Waals surface area contributed by atoms with Gasteiger partial charge in [0.2, 0.25) is 0 Å². The summed E-state index contributed by atoms with van der Waals surface area (Å²) in [5.74, 6) is -0.110. The zero-order valence-electron chi connectivity index (χ0n) is 14.0. The fraction of sp³-hybridized carbons (Fsp3) is 0.0952. The van der Waals surface area contributed by atoms with Crippen molar-refractivity contribution in [2.45, 2.75) is 13.8 Å². The molecule has 0 radical (unpaired) electrons. The van der Waals surface area contributed by atoms with E-state index in [9.17, 15) is 4.79 Å². The maximum absolute atomic E-state index is 12.8. The van der Waals surface area contributed by atoms with Gasteiger partial charge in [0, 0.05) is 21.2 Å². The number of aryl methyl sites for hydroxylation is 2. The van der Waals surface area contributed by atoms with Crippen LogP contribution < -0.4 is 5.32 Å². The molecule has 124 valence electrons. The monoisotopic (exact) mass is 392 g/mol. The van der Waals surface area contributed by atoms with E-state index in [0.717, 1.165) is 37.5 Å². The lowest BCUT2D eigenvalue weighted by atomic mass is 10.1. The van der Waals surface area contributed by atoms with Crippen molar-refractivity contribution in [3.63, 3.8) is 0 Å². The lowest BCUT2D eigenvalue weighted by Crippen LogP contribution is -2.12. The molecule has 0 aliphatic rings. The Morgan fingerprint density at radius 3 is 2.64 bits per heavy atom. The Morgan fingerprint density at radius 2 is 1.80 bits per heavy atom. The van der Waals surface area contributed by atoms with Crippen LogP contribution in [0.2, 0.25) is 0 Å². The molecule has 3 nitrogen and oxygen atoms in total. The van der Waals surface area contributed by atoms with E-state index in [-0.39, 0.29) is 5.91 Å². The summed E-state index contributed by atoms with van der Waals surface area (Å²) in [5.41, 5.74) is 4.60. The average Bonchev–Trinajstić information content (AvgIpc) is 2.89. The van der Waals surface area contributed by atoms with Crippen LogP contribution in [0, 0.1) is 13.8 Å². The third-order valence-corrected chi connectivity index (χ3v) is 5.36. The predicted octanol–water partition coefficient (Wildman–Crippen LogP) is 5.95. The van der Waals surface area contributed by atoms with Gasteiger partial charge in [-0.1, -0.05) is 46.3 Å². The molecule has 4 rings (SSSR count). The molecule has 1 aromatic heterocycles. The number of para-hydroxylation sites is 1.